The second-order valence-electron chi connectivity index (χ2n) is 6.23. The Hall–Kier alpha value is -2.77. The number of aryl methyl sites for hydroxylation is 3. The minimum Gasteiger partial charge on any atom is -0.389 e. The summed E-state index contributed by atoms with van der Waals surface area (Å²) in [6, 6.07) is 13.6. The standard InChI is InChI=1S/C21H22ClN3O/c1-14-9-15(2)20(16(3)10-14)25-21(26)18(12-23)13-24-8-7-17-5-4-6-19(22)11-17/h4-6,9-11,13,24H,7-8H2,1-3H3,(H,25,26)/b18-13-. The Morgan fingerprint density at radius 3 is 2.50 bits per heavy atom. The van der Waals surface area contributed by atoms with Crippen LogP contribution in [-0.4, -0.2) is 12.5 Å². The second-order valence-corrected chi connectivity index (χ2v) is 6.67. The lowest BCUT2D eigenvalue weighted by Gasteiger charge is -2.12. The normalized spacial score (nSPS) is 11.0. The van der Waals surface area contributed by atoms with E-state index in [1.54, 1.807) is 0 Å². The Labute approximate surface area is 159 Å². The van der Waals surface area contributed by atoms with E-state index in [-0.39, 0.29) is 5.57 Å². The number of anilines is 1. The van der Waals surface area contributed by atoms with Gasteiger partial charge in [-0.15, -0.1) is 0 Å². The molecule has 4 nitrogen and oxygen atoms in total. The highest BCUT2D eigenvalue weighted by Gasteiger charge is 2.12. The van der Waals surface area contributed by atoms with Gasteiger partial charge in [0.15, 0.2) is 0 Å². The van der Waals surface area contributed by atoms with E-state index in [2.05, 4.69) is 10.6 Å². The van der Waals surface area contributed by atoms with Gasteiger partial charge < -0.3 is 10.6 Å². The summed E-state index contributed by atoms with van der Waals surface area (Å²) in [4.78, 5) is 12.4. The molecule has 0 aliphatic heterocycles. The van der Waals surface area contributed by atoms with Crippen LogP contribution in [0.15, 0.2) is 48.2 Å². The number of carbonyl (C=O) groups excluding carboxylic acids is 1. The monoisotopic (exact) mass is 367 g/mol. The predicted molar refractivity (Wildman–Crippen MR) is 106 cm³/mol. The van der Waals surface area contributed by atoms with Crippen molar-refractivity contribution in [2.75, 3.05) is 11.9 Å². The molecule has 0 aliphatic rings. The number of benzene rings is 2. The molecular formula is C21H22ClN3O. The highest BCUT2D eigenvalue weighted by molar-refractivity contribution is 6.30. The molecule has 0 spiro atoms. The summed E-state index contributed by atoms with van der Waals surface area (Å²) in [6.07, 6.45) is 2.20. The van der Waals surface area contributed by atoms with Crippen molar-refractivity contribution in [3.05, 3.63) is 75.4 Å². The van der Waals surface area contributed by atoms with Crippen molar-refractivity contribution >= 4 is 23.2 Å². The molecule has 0 aromatic heterocycles. The summed E-state index contributed by atoms with van der Waals surface area (Å²) in [5.74, 6) is -0.419. The third-order valence-corrected chi connectivity index (χ3v) is 4.21. The van der Waals surface area contributed by atoms with Gasteiger partial charge in [-0.25, -0.2) is 0 Å². The molecule has 26 heavy (non-hydrogen) atoms. The summed E-state index contributed by atoms with van der Waals surface area (Å²) >= 11 is 5.96. The van der Waals surface area contributed by atoms with Crippen molar-refractivity contribution in [1.82, 2.24) is 5.32 Å². The maximum Gasteiger partial charge on any atom is 0.267 e. The van der Waals surface area contributed by atoms with Gasteiger partial charge in [0, 0.05) is 23.5 Å². The average molecular weight is 368 g/mol. The minimum absolute atomic E-state index is 0.0375. The quantitative estimate of drug-likeness (QED) is 0.450. The maximum absolute atomic E-state index is 12.4. The van der Waals surface area contributed by atoms with Crippen LogP contribution in [0.2, 0.25) is 5.02 Å². The molecule has 2 aromatic carbocycles. The summed E-state index contributed by atoms with van der Waals surface area (Å²) in [5.41, 5.74) is 4.96. The molecule has 5 heteroatoms. The Morgan fingerprint density at radius 1 is 1.19 bits per heavy atom. The first-order chi connectivity index (χ1) is 12.4. The number of halogens is 1. The molecule has 0 unspecified atom stereocenters. The number of nitriles is 1. The number of hydrogen-bond donors (Lipinski definition) is 2. The zero-order valence-corrected chi connectivity index (χ0v) is 15.9. The molecule has 134 valence electrons. The van der Waals surface area contributed by atoms with Gasteiger partial charge in [-0.05, 0) is 56.0 Å². The van der Waals surface area contributed by atoms with Gasteiger partial charge in [-0.1, -0.05) is 41.4 Å². The van der Waals surface area contributed by atoms with Crippen LogP contribution in [0.25, 0.3) is 0 Å². The van der Waals surface area contributed by atoms with E-state index >= 15 is 0 Å². The molecule has 0 heterocycles. The van der Waals surface area contributed by atoms with Crippen LogP contribution in [-0.2, 0) is 11.2 Å². The Bertz CT molecular complexity index is 858. The summed E-state index contributed by atoms with van der Waals surface area (Å²) in [5, 5.41) is 15.8. The zero-order valence-electron chi connectivity index (χ0n) is 15.2. The van der Waals surface area contributed by atoms with Gasteiger partial charge in [0.25, 0.3) is 5.91 Å². The smallest absolute Gasteiger partial charge is 0.267 e. The Balaban J connectivity index is 1.98. The van der Waals surface area contributed by atoms with Crippen LogP contribution in [0.4, 0.5) is 5.69 Å². The van der Waals surface area contributed by atoms with Gasteiger partial charge in [-0.2, -0.15) is 5.26 Å². The molecule has 0 fully saturated rings. The zero-order chi connectivity index (χ0) is 19.1. The van der Waals surface area contributed by atoms with Gasteiger partial charge in [-0.3, -0.25) is 4.79 Å². The van der Waals surface area contributed by atoms with Crippen LogP contribution in [0.1, 0.15) is 22.3 Å². The second kappa shape index (κ2) is 9.07. The molecule has 1 amide bonds. The van der Waals surface area contributed by atoms with Crippen LogP contribution in [0, 0.1) is 32.1 Å². The number of rotatable bonds is 6. The lowest BCUT2D eigenvalue weighted by molar-refractivity contribution is -0.112. The van der Waals surface area contributed by atoms with Crippen LogP contribution >= 0.6 is 11.6 Å². The average Bonchev–Trinajstić information content (AvgIpc) is 2.58. The maximum atomic E-state index is 12.4. The van der Waals surface area contributed by atoms with Gasteiger partial charge >= 0.3 is 0 Å². The highest BCUT2D eigenvalue weighted by Crippen LogP contribution is 2.22. The van der Waals surface area contributed by atoms with E-state index in [1.807, 2.05) is 63.2 Å². The predicted octanol–water partition coefficient (Wildman–Crippen LogP) is 4.44. The molecule has 0 bridgehead atoms. The van der Waals surface area contributed by atoms with E-state index < -0.39 is 5.91 Å². The molecule has 0 saturated carbocycles. The molecule has 0 atom stereocenters. The van der Waals surface area contributed by atoms with Gasteiger partial charge in [0.05, 0.1) is 0 Å². The van der Waals surface area contributed by atoms with Gasteiger partial charge in [0.2, 0.25) is 0 Å². The van der Waals surface area contributed by atoms with E-state index in [9.17, 15) is 10.1 Å². The molecule has 2 aromatic rings. The number of amides is 1. The molecular weight excluding hydrogens is 346 g/mol. The third kappa shape index (κ3) is 5.37. The van der Waals surface area contributed by atoms with Crippen molar-refractivity contribution in [1.29, 1.82) is 5.26 Å². The lowest BCUT2D eigenvalue weighted by Crippen LogP contribution is -2.19. The molecule has 0 radical (unpaired) electrons. The van der Waals surface area contributed by atoms with Crippen molar-refractivity contribution in [3.8, 4) is 6.07 Å². The fourth-order valence-corrected chi connectivity index (χ4v) is 3.00. The SMILES string of the molecule is Cc1cc(C)c(NC(=O)/C(C#N)=C\NCCc2cccc(Cl)c2)c(C)c1. The summed E-state index contributed by atoms with van der Waals surface area (Å²) < 4.78 is 0. The van der Waals surface area contributed by atoms with E-state index in [4.69, 9.17) is 11.6 Å². The van der Waals surface area contributed by atoms with Crippen LogP contribution in [0.3, 0.4) is 0 Å². The van der Waals surface area contributed by atoms with Crippen molar-refractivity contribution in [3.63, 3.8) is 0 Å². The number of carbonyl (C=O) groups is 1. The van der Waals surface area contributed by atoms with Crippen molar-refractivity contribution < 1.29 is 4.79 Å². The molecule has 0 saturated heterocycles. The fraction of sp³-hybridized carbons (Fsp3) is 0.238. The van der Waals surface area contributed by atoms with Crippen molar-refractivity contribution in [2.24, 2.45) is 0 Å². The number of nitrogens with one attached hydrogen (secondary N) is 2. The minimum atomic E-state index is -0.419. The summed E-state index contributed by atoms with van der Waals surface area (Å²) in [7, 11) is 0. The highest BCUT2D eigenvalue weighted by atomic mass is 35.5. The number of nitrogens with zero attached hydrogens (tertiary/aromatic N) is 1. The molecule has 2 rings (SSSR count). The topological polar surface area (TPSA) is 64.9 Å². The van der Waals surface area contributed by atoms with E-state index in [0.717, 1.165) is 34.4 Å². The van der Waals surface area contributed by atoms with Crippen molar-refractivity contribution in [2.45, 2.75) is 27.2 Å². The first-order valence-electron chi connectivity index (χ1n) is 8.38. The first kappa shape index (κ1) is 19.6. The van der Waals surface area contributed by atoms with Crippen LogP contribution in [0.5, 0.6) is 0 Å². The number of hydrogen-bond acceptors (Lipinski definition) is 3. The van der Waals surface area contributed by atoms with E-state index in [1.165, 1.54) is 6.20 Å². The Morgan fingerprint density at radius 2 is 1.88 bits per heavy atom. The third-order valence-electron chi connectivity index (χ3n) is 3.97. The van der Waals surface area contributed by atoms with Crippen LogP contribution < -0.4 is 10.6 Å². The molecule has 2 N–H and O–H groups in total. The largest absolute Gasteiger partial charge is 0.389 e. The Kier molecular flexibility index (Phi) is 6.82. The molecule has 0 aliphatic carbocycles. The van der Waals surface area contributed by atoms with Gasteiger partial charge in [0.1, 0.15) is 11.6 Å². The lowest BCUT2D eigenvalue weighted by atomic mass is 10.0. The van der Waals surface area contributed by atoms with E-state index in [0.29, 0.717) is 11.6 Å². The fourth-order valence-electron chi connectivity index (χ4n) is 2.79. The summed E-state index contributed by atoms with van der Waals surface area (Å²) in [6.45, 7) is 6.49. The first-order valence-corrected chi connectivity index (χ1v) is 8.76.